The molecule has 1 fully saturated rings. The van der Waals surface area contributed by atoms with Crippen molar-refractivity contribution in [1.29, 1.82) is 0 Å². The highest BCUT2D eigenvalue weighted by Crippen LogP contribution is 2.62. The van der Waals surface area contributed by atoms with Gasteiger partial charge in [0.15, 0.2) is 0 Å². The summed E-state index contributed by atoms with van der Waals surface area (Å²) >= 11 is 0. The fourth-order valence-corrected chi connectivity index (χ4v) is 9.66. The van der Waals surface area contributed by atoms with Crippen molar-refractivity contribution in [2.45, 2.75) is 89.6 Å². The summed E-state index contributed by atoms with van der Waals surface area (Å²) in [5.74, 6) is 0.302. The maximum Gasteiger partial charge on any atom is 0.410 e. The van der Waals surface area contributed by atoms with Crippen molar-refractivity contribution in [2.75, 3.05) is 33.0 Å². The molecule has 1 amide bonds. The van der Waals surface area contributed by atoms with E-state index in [0.717, 1.165) is 64.6 Å². The van der Waals surface area contributed by atoms with E-state index in [1.54, 1.807) is 11.0 Å². The summed E-state index contributed by atoms with van der Waals surface area (Å²) in [5.41, 5.74) is 3.71. The van der Waals surface area contributed by atoms with Gasteiger partial charge in [-0.3, -0.25) is 4.90 Å². The van der Waals surface area contributed by atoms with Crippen LogP contribution >= 0.6 is 0 Å². The number of hydrogen-bond donors (Lipinski definition) is 2. The van der Waals surface area contributed by atoms with E-state index >= 15 is 0 Å². The minimum absolute atomic E-state index is 0.0849. The molecule has 318 valence electrons. The van der Waals surface area contributed by atoms with Crippen molar-refractivity contribution in [1.82, 2.24) is 4.90 Å². The number of hydrogen-bond acceptors (Lipinski definition) is 9. The normalized spacial score (nSPS) is 23.5. The Morgan fingerprint density at radius 2 is 1.65 bits per heavy atom. The third-order valence-electron chi connectivity index (χ3n) is 12.2. The molecule has 0 bridgehead atoms. The summed E-state index contributed by atoms with van der Waals surface area (Å²) < 4.78 is 26.8. The van der Waals surface area contributed by atoms with Gasteiger partial charge in [0.25, 0.3) is 0 Å². The van der Waals surface area contributed by atoms with Crippen molar-refractivity contribution >= 4 is 22.6 Å². The van der Waals surface area contributed by atoms with Crippen molar-refractivity contribution in [2.24, 2.45) is 22.9 Å². The second kappa shape index (κ2) is 20.4. The van der Waals surface area contributed by atoms with Gasteiger partial charge < -0.3 is 34.0 Å². The van der Waals surface area contributed by atoms with Crippen LogP contribution in [0, 0.1) is 17.8 Å². The van der Waals surface area contributed by atoms with E-state index in [1.807, 2.05) is 74.5 Å². The van der Waals surface area contributed by atoms with Crippen LogP contribution in [0.25, 0.3) is 10.8 Å². The van der Waals surface area contributed by atoms with Gasteiger partial charge in [0.05, 0.1) is 24.8 Å². The first-order valence-corrected chi connectivity index (χ1v) is 21.8. The van der Waals surface area contributed by atoms with E-state index in [4.69, 9.17) is 28.9 Å². The van der Waals surface area contributed by atoms with Gasteiger partial charge in [0.1, 0.15) is 29.9 Å². The summed E-state index contributed by atoms with van der Waals surface area (Å²) in [6.07, 6.45) is 9.36. The molecule has 1 saturated carbocycles. The highest BCUT2D eigenvalue weighted by Gasteiger charge is 2.65. The zero-order chi connectivity index (χ0) is 41.9. The Hall–Kier alpha value is -5.16. The van der Waals surface area contributed by atoms with Crippen molar-refractivity contribution in [3.05, 3.63) is 126 Å². The topological polar surface area (TPSA) is 119 Å². The first-order chi connectivity index (χ1) is 29.4. The van der Waals surface area contributed by atoms with Crippen LogP contribution < -0.4 is 9.47 Å². The molecular formula is C50H60N2O8. The third-order valence-corrected chi connectivity index (χ3v) is 12.2. The second-order valence-corrected chi connectivity index (χ2v) is 16.0. The zero-order valence-electron chi connectivity index (χ0n) is 35.0. The minimum atomic E-state index is -1.36. The van der Waals surface area contributed by atoms with Gasteiger partial charge in [0.2, 0.25) is 5.79 Å². The number of oxime groups is 1. The molecule has 0 spiro atoms. The van der Waals surface area contributed by atoms with Gasteiger partial charge in [-0.05, 0) is 103 Å². The molecular weight excluding hydrogens is 757 g/mol. The summed E-state index contributed by atoms with van der Waals surface area (Å²) in [5, 5.41) is 27.0. The zero-order valence-corrected chi connectivity index (χ0v) is 35.0. The number of aliphatic hydroxyl groups is 2. The molecule has 7 rings (SSSR count). The first kappa shape index (κ1) is 42.9. The van der Waals surface area contributed by atoms with Crippen molar-refractivity contribution in [3.63, 3.8) is 0 Å². The van der Waals surface area contributed by atoms with E-state index in [-0.39, 0.29) is 50.8 Å². The number of ether oxygens (including phenoxy) is 4. The van der Waals surface area contributed by atoms with Crippen LogP contribution in [0.3, 0.4) is 0 Å². The largest absolute Gasteiger partial charge is 0.459 e. The molecule has 60 heavy (non-hydrogen) atoms. The third kappa shape index (κ3) is 9.26. The fraction of sp³-hybridized carbons (Fsp3) is 0.440. The number of allylic oxidation sites excluding steroid dienone is 1. The van der Waals surface area contributed by atoms with E-state index in [0.29, 0.717) is 43.7 Å². The number of amides is 1. The molecule has 10 nitrogen and oxygen atoms in total. The Morgan fingerprint density at radius 3 is 2.40 bits per heavy atom. The smallest absolute Gasteiger partial charge is 0.410 e. The average Bonchev–Trinajstić information content (AvgIpc) is 3.27. The molecule has 0 unspecified atom stereocenters. The molecule has 0 aromatic heterocycles. The number of carbonyl (C=O) groups is 1. The quantitative estimate of drug-likeness (QED) is 0.0514. The predicted octanol–water partition coefficient (Wildman–Crippen LogP) is 10.3. The molecule has 6 atom stereocenters. The Kier molecular flexibility index (Phi) is 14.6. The summed E-state index contributed by atoms with van der Waals surface area (Å²) in [4.78, 5) is 22.1. The van der Waals surface area contributed by atoms with E-state index < -0.39 is 23.8 Å². The fourth-order valence-electron chi connectivity index (χ4n) is 9.66. The van der Waals surface area contributed by atoms with E-state index in [1.165, 1.54) is 0 Å². The Balaban J connectivity index is 1.42. The first-order valence-electron chi connectivity index (χ1n) is 21.8. The number of benzene rings is 4. The number of aliphatic hydroxyl groups excluding tert-OH is 2. The monoisotopic (exact) mass is 816 g/mol. The van der Waals surface area contributed by atoms with Crippen LogP contribution in [0.15, 0.2) is 120 Å². The molecule has 10 heteroatoms. The lowest BCUT2D eigenvalue weighted by atomic mass is 9.55. The highest BCUT2D eigenvalue weighted by atomic mass is 16.7. The van der Waals surface area contributed by atoms with Crippen LogP contribution in [-0.2, 0) is 20.9 Å². The van der Waals surface area contributed by atoms with Gasteiger partial charge in [0, 0.05) is 37.7 Å². The standard InChI is InChI=1S/C50H60N2O8/c1-4-26-52(49(55)56-6-3)46-33-44(51-58-34-35-16-8-7-9-17-35)42-31-38(20-12-14-27-53)41(21-13-15-28-54)47-43-32-40(59-39-23-22-36-18-10-11-19-37(36)30-39)24-25-45(43)60-50(46,48(42)47)57-29-5-2/h5,7-11,16-19,22-25,30-32,38,41,46-48,53-54H,2,4,6,12-15,20-21,26-29,33-34H2,1,3H3/t38-,41+,46-,47+,48+,50+/m0/s1. The van der Waals surface area contributed by atoms with Crippen LogP contribution in [0.2, 0.25) is 0 Å². The van der Waals surface area contributed by atoms with E-state index in [9.17, 15) is 15.0 Å². The second-order valence-electron chi connectivity index (χ2n) is 16.0. The Labute approximate surface area is 354 Å². The summed E-state index contributed by atoms with van der Waals surface area (Å²) in [6, 6.07) is 29.7. The molecule has 0 saturated heterocycles. The van der Waals surface area contributed by atoms with Crippen LogP contribution in [-0.4, -0.2) is 71.7 Å². The number of rotatable bonds is 20. The molecule has 0 radical (unpaired) electrons. The number of nitrogens with zero attached hydrogens (tertiary/aromatic N) is 2. The average molecular weight is 817 g/mol. The molecule has 2 N–H and O–H groups in total. The minimum Gasteiger partial charge on any atom is -0.459 e. The molecule has 2 aliphatic carbocycles. The van der Waals surface area contributed by atoms with Gasteiger partial charge >= 0.3 is 6.09 Å². The summed E-state index contributed by atoms with van der Waals surface area (Å²) in [7, 11) is 0. The summed E-state index contributed by atoms with van der Waals surface area (Å²) in [6.45, 7) is 9.22. The Bertz CT molecular complexity index is 2120. The Morgan fingerprint density at radius 1 is 0.917 bits per heavy atom. The SMILES string of the molecule is C=CCO[C@@]12Oc3ccc(Oc4ccc5ccccc5c4)cc3[C@H]3[C@H](CCCCO)[C@@H](CCCCO)C=C(C(=NOCc4ccccc4)C[C@@H]1N(CCC)C(=O)OCC)[C@H]32. The van der Waals surface area contributed by atoms with Gasteiger partial charge in [-0.15, -0.1) is 6.58 Å². The number of fused-ring (bicyclic) bond motifs is 3. The number of carbonyl (C=O) groups excluding carboxylic acids is 1. The van der Waals surface area contributed by atoms with Gasteiger partial charge in [-0.25, -0.2) is 4.79 Å². The van der Waals surface area contributed by atoms with Gasteiger partial charge in [-0.2, -0.15) is 0 Å². The molecule has 1 aliphatic heterocycles. The highest BCUT2D eigenvalue weighted by molar-refractivity contribution is 6.03. The van der Waals surface area contributed by atoms with Crippen molar-refractivity contribution in [3.8, 4) is 17.2 Å². The molecule has 1 heterocycles. The lowest BCUT2D eigenvalue weighted by Gasteiger charge is -2.59. The number of unbranched alkanes of at least 4 members (excludes halogenated alkanes) is 2. The molecule has 3 aliphatic rings. The predicted molar refractivity (Wildman–Crippen MR) is 234 cm³/mol. The van der Waals surface area contributed by atoms with Gasteiger partial charge in [-0.1, -0.05) is 97.7 Å². The molecule has 4 aromatic rings. The van der Waals surface area contributed by atoms with Crippen molar-refractivity contribution < 1.29 is 38.8 Å². The van der Waals surface area contributed by atoms with Crippen LogP contribution in [0.4, 0.5) is 4.79 Å². The van der Waals surface area contributed by atoms with E-state index in [2.05, 4.69) is 43.0 Å². The lowest BCUT2D eigenvalue weighted by Crippen LogP contribution is -2.70. The van der Waals surface area contributed by atoms with Crippen LogP contribution in [0.1, 0.15) is 82.3 Å². The van der Waals surface area contributed by atoms with Crippen LogP contribution in [0.5, 0.6) is 17.2 Å². The molecule has 4 aromatic carbocycles. The maximum absolute atomic E-state index is 14.1. The lowest BCUT2D eigenvalue weighted by molar-refractivity contribution is -0.255. The maximum atomic E-state index is 14.1.